The minimum absolute atomic E-state index is 0.0272. The molecule has 0 heterocycles. The maximum absolute atomic E-state index is 6.03. The molecule has 1 unspecified atom stereocenters. The summed E-state index contributed by atoms with van der Waals surface area (Å²) in [6.07, 6.45) is 0. The van der Waals surface area contributed by atoms with Gasteiger partial charge in [-0.15, -0.1) is 0 Å². The smallest absolute Gasteiger partial charge is 0.0499 e. The van der Waals surface area contributed by atoms with Gasteiger partial charge in [-0.05, 0) is 52.7 Å². The molecule has 0 spiro atoms. The van der Waals surface area contributed by atoms with Crippen LogP contribution >= 0.6 is 11.6 Å². The third-order valence-corrected chi connectivity index (χ3v) is 3.56. The number of rotatable bonds is 4. The van der Waals surface area contributed by atoms with Crippen molar-refractivity contribution in [1.82, 2.24) is 10.2 Å². The summed E-state index contributed by atoms with van der Waals surface area (Å²) < 4.78 is 0. The molecular formula is C13H21ClN2. The third kappa shape index (κ3) is 2.76. The Hall–Kier alpha value is -0.570. The molecule has 0 aliphatic heterocycles. The maximum Gasteiger partial charge on any atom is 0.0499 e. The molecule has 0 aliphatic rings. The minimum Gasteiger partial charge on any atom is -0.311 e. The monoisotopic (exact) mass is 240 g/mol. The number of hydrogen-bond acceptors (Lipinski definition) is 2. The standard InChI is InChI=1S/C13H21ClN2/c1-13(2,16(4)5)12(15-3)10-7-6-8-11(14)9-10/h6-9,12,15H,1-5H3. The highest BCUT2D eigenvalue weighted by molar-refractivity contribution is 6.30. The van der Waals surface area contributed by atoms with Crippen LogP contribution in [-0.2, 0) is 0 Å². The molecule has 1 N–H and O–H groups in total. The molecule has 1 atom stereocenters. The van der Waals surface area contributed by atoms with Crippen LogP contribution in [0.2, 0.25) is 5.02 Å². The summed E-state index contributed by atoms with van der Waals surface area (Å²) in [6, 6.07) is 8.28. The SMILES string of the molecule is CNC(c1cccc(Cl)c1)C(C)(C)N(C)C. The van der Waals surface area contributed by atoms with Crippen molar-refractivity contribution in [3.63, 3.8) is 0 Å². The predicted octanol–water partition coefficient (Wildman–Crippen LogP) is 2.94. The van der Waals surface area contributed by atoms with Gasteiger partial charge >= 0.3 is 0 Å². The Balaban J connectivity index is 3.08. The van der Waals surface area contributed by atoms with Gasteiger partial charge in [0, 0.05) is 16.6 Å². The van der Waals surface area contributed by atoms with E-state index >= 15 is 0 Å². The van der Waals surface area contributed by atoms with Crippen molar-refractivity contribution in [3.8, 4) is 0 Å². The lowest BCUT2D eigenvalue weighted by molar-refractivity contribution is 0.142. The zero-order valence-corrected chi connectivity index (χ0v) is 11.5. The molecule has 90 valence electrons. The van der Waals surface area contributed by atoms with Gasteiger partial charge < -0.3 is 10.2 Å². The molecule has 0 aromatic heterocycles. The van der Waals surface area contributed by atoms with E-state index in [1.54, 1.807) is 0 Å². The van der Waals surface area contributed by atoms with Crippen molar-refractivity contribution >= 4 is 11.6 Å². The summed E-state index contributed by atoms with van der Waals surface area (Å²) >= 11 is 6.03. The van der Waals surface area contributed by atoms with E-state index in [4.69, 9.17) is 11.6 Å². The van der Waals surface area contributed by atoms with E-state index in [1.807, 2.05) is 25.2 Å². The van der Waals surface area contributed by atoms with Gasteiger partial charge in [0.2, 0.25) is 0 Å². The van der Waals surface area contributed by atoms with E-state index in [0.29, 0.717) is 0 Å². The van der Waals surface area contributed by atoms with Crippen molar-refractivity contribution in [2.75, 3.05) is 21.1 Å². The number of nitrogens with zero attached hydrogens (tertiary/aromatic N) is 1. The summed E-state index contributed by atoms with van der Waals surface area (Å²) in [5.41, 5.74) is 1.24. The van der Waals surface area contributed by atoms with Crippen LogP contribution < -0.4 is 5.32 Å². The summed E-state index contributed by atoms with van der Waals surface area (Å²) in [5.74, 6) is 0. The van der Waals surface area contributed by atoms with Gasteiger partial charge in [0.05, 0.1) is 0 Å². The topological polar surface area (TPSA) is 15.3 Å². The lowest BCUT2D eigenvalue weighted by Crippen LogP contribution is -2.48. The van der Waals surface area contributed by atoms with Crippen molar-refractivity contribution in [1.29, 1.82) is 0 Å². The van der Waals surface area contributed by atoms with E-state index in [0.717, 1.165) is 5.02 Å². The molecule has 0 aliphatic carbocycles. The average Bonchev–Trinajstić information content (AvgIpc) is 2.18. The van der Waals surface area contributed by atoms with E-state index in [9.17, 15) is 0 Å². The summed E-state index contributed by atoms with van der Waals surface area (Å²) in [4.78, 5) is 2.22. The van der Waals surface area contributed by atoms with Crippen LogP contribution in [0.15, 0.2) is 24.3 Å². The van der Waals surface area contributed by atoms with Crippen molar-refractivity contribution < 1.29 is 0 Å². The highest BCUT2D eigenvalue weighted by atomic mass is 35.5. The molecule has 0 radical (unpaired) electrons. The number of nitrogens with one attached hydrogen (secondary N) is 1. The Morgan fingerprint density at radius 1 is 1.31 bits per heavy atom. The first-order valence-electron chi connectivity index (χ1n) is 5.49. The van der Waals surface area contributed by atoms with Crippen LogP contribution in [0, 0.1) is 0 Å². The van der Waals surface area contributed by atoms with E-state index in [2.05, 4.69) is 44.2 Å². The van der Waals surface area contributed by atoms with Gasteiger partial charge in [-0.1, -0.05) is 23.7 Å². The van der Waals surface area contributed by atoms with Gasteiger partial charge in [-0.2, -0.15) is 0 Å². The van der Waals surface area contributed by atoms with Gasteiger partial charge in [0.15, 0.2) is 0 Å². The molecule has 0 saturated carbocycles. The molecular weight excluding hydrogens is 220 g/mol. The molecule has 0 fully saturated rings. The minimum atomic E-state index is 0.0272. The Bertz CT molecular complexity index is 348. The second-order valence-corrected chi connectivity index (χ2v) is 5.26. The van der Waals surface area contributed by atoms with Crippen LogP contribution in [0.25, 0.3) is 0 Å². The van der Waals surface area contributed by atoms with Crippen LogP contribution in [0.4, 0.5) is 0 Å². The Labute approximate surface area is 104 Å². The highest BCUT2D eigenvalue weighted by Crippen LogP contribution is 2.30. The normalized spacial score (nSPS) is 14.2. The molecule has 0 saturated heterocycles. The lowest BCUT2D eigenvalue weighted by atomic mass is 9.87. The number of halogens is 1. The molecule has 16 heavy (non-hydrogen) atoms. The summed E-state index contributed by atoms with van der Waals surface area (Å²) in [7, 11) is 6.17. The zero-order valence-electron chi connectivity index (χ0n) is 10.7. The maximum atomic E-state index is 6.03. The van der Waals surface area contributed by atoms with Crippen molar-refractivity contribution in [2.45, 2.75) is 25.4 Å². The Kier molecular flexibility index (Phi) is 4.36. The molecule has 0 bridgehead atoms. The van der Waals surface area contributed by atoms with E-state index < -0.39 is 0 Å². The van der Waals surface area contributed by atoms with Crippen LogP contribution in [0.5, 0.6) is 0 Å². The number of hydrogen-bond donors (Lipinski definition) is 1. The molecule has 3 heteroatoms. The second kappa shape index (κ2) is 5.17. The average molecular weight is 241 g/mol. The van der Waals surface area contributed by atoms with E-state index in [1.165, 1.54) is 5.56 Å². The first kappa shape index (κ1) is 13.5. The van der Waals surface area contributed by atoms with Gasteiger partial charge in [-0.25, -0.2) is 0 Å². The fourth-order valence-electron chi connectivity index (χ4n) is 1.87. The number of benzene rings is 1. The first-order valence-corrected chi connectivity index (χ1v) is 5.87. The van der Waals surface area contributed by atoms with Crippen LogP contribution in [0.3, 0.4) is 0 Å². The molecule has 1 aromatic rings. The highest BCUT2D eigenvalue weighted by Gasteiger charge is 2.31. The van der Waals surface area contributed by atoms with Gasteiger partial charge in [-0.3, -0.25) is 0 Å². The Morgan fingerprint density at radius 2 is 1.94 bits per heavy atom. The van der Waals surface area contributed by atoms with Crippen molar-refractivity contribution in [3.05, 3.63) is 34.9 Å². The number of likely N-dealkylation sites (N-methyl/N-ethyl adjacent to an activating group) is 2. The molecule has 1 rings (SSSR count). The van der Waals surface area contributed by atoms with Gasteiger partial charge in [0.1, 0.15) is 0 Å². The molecule has 2 nitrogen and oxygen atoms in total. The summed E-state index contributed by atoms with van der Waals surface area (Å²) in [6.45, 7) is 4.43. The van der Waals surface area contributed by atoms with Crippen molar-refractivity contribution in [2.24, 2.45) is 0 Å². The van der Waals surface area contributed by atoms with Crippen LogP contribution in [0.1, 0.15) is 25.5 Å². The molecule has 0 amide bonds. The first-order chi connectivity index (χ1) is 7.39. The fourth-order valence-corrected chi connectivity index (χ4v) is 2.07. The second-order valence-electron chi connectivity index (χ2n) is 4.82. The lowest BCUT2D eigenvalue weighted by Gasteiger charge is -2.40. The molecule has 1 aromatic carbocycles. The predicted molar refractivity (Wildman–Crippen MR) is 71.0 cm³/mol. The Morgan fingerprint density at radius 3 is 2.38 bits per heavy atom. The zero-order chi connectivity index (χ0) is 12.3. The largest absolute Gasteiger partial charge is 0.311 e. The quantitative estimate of drug-likeness (QED) is 0.871. The summed E-state index contributed by atoms with van der Waals surface area (Å²) in [5, 5.41) is 4.15. The van der Waals surface area contributed by atoms with Gasteiger partial charge in [0.25, 0.3) is 0 Å². The van der Waals surface area contributed by atoms with E-state index in [-0.39, 0.29) is 11.6 Å². The van der Waals surface area contributed by atoms with Crippen LogP contribution in [-0.4, -0.2) is 31.6 Å². The fraction of sp³-hybridized carbons (Fsp3) is 0.538. The third-order valence-electron chi connectivity index (χ3n) is 3.33.